The summed E-state index contributed by atoms with van der Waals surface area (Å²) < 4.78 is 0. The van der Waals surface area contributed by atoms with Crippen molar-refractivity contribution in [2.45, 2.75) is 19.0 Å². The van der Waals surface area contributed by atoms with Crippen LogP contribution in [0.3, 0.4) is 0 Å². The van der Waals surface area contributed by atoms with E-state index in [4.69, 9.17) is 22.4 Å². The lowest BCUT2D eigenvalue weighted by Gasteiger charge is -2.08. The molecule has 0 aliphatic heterocycles. The van der Waals surface area contributed by atoms with Gasteiger partial charge < -0.3 is 16.2 Å². The first kappa shape index (κ1) is 16.8. The summed E-state index contributed by atoms with van der Waals surface area (Å²) in [7, 11) is 0. The zero-order chi connectivity index (χ0) is 15.0. The van der Waals surface area contributed by atoms with Gasteiger partial charge in [0.2, 0.25) is 5.91 Å². The number of aliphatic carboxylic acids is 1. The molecule has 0 heterocycles. The second-order valence-corrected chi connectivity index (χ2v) is 5.67. The molecule has 110 valence electrons. The molecule has 0 saturated carbocycles. The predicted molar refractivity (Wildman–Crippen MR) is 80.9 cm³/mol. The Balaban J connectivity index is 2.18. The van der Waals surface area contributed by atoms with Gasteiger partial charge in [0.15, 0.2) is 0 Å². The molecule has 0 fully saturated rings. The minimum absolute atomic E-state index is 0.112. The van der Waals surface area contributed by atoms with Gasteiger partial charge in [-0.05, 0) is 23.8 Å². The van der Waals surface area contributed by atoms with Gasteiger partial charge in [-0.15, -0.1) is 0 Å². The maximum Gasteiger partial charge on any atom is 0.320 e. The number of hydrogen-bond donors (Lipinski definition) is 3. The summed E-state index contributed by atoms with van der Waals surface area (Å²) in [6.07, 6.45) is 0.345. The summed E-state index contributed by atoms with van der Waals surface area (Å²) in [5, 5.41) is 12.0. The minimum atomic E-state index is -1.02. The van der Waals surface area contributed by atoms with E-state index in [2.05, 4.69) is 5.32 Å². The van der Waals surface area contributed by atoms with Crippen LogP contribution in [0.2, 0.25) is 5.02 Å². The van der Waals surface area contributed by atoms with Gasteiger partial charge in [0.05, 0.1) is 5.75 Å². The van der Waals surface area contributed by atoms with Gasteiger partial charge in [-0.25, -0.2) is 0 Å². The van der Waals surface area contributed by atoms with Crippen LogP contribution in [-0.4, -0.2) is 34.5 Å². The van der Waals surface area contributed by atoms with Crippen LogP contribution in [-0.2, 0) is 16.1 Å². The van der Waals surface area contributed by atoms with Crippen LogP contribution in [0.15, 0.2) is 24.3 Å². The Morgan fingerprint density at radius 2 is 2.10 bits per heavy atom. The summed E-state index contributed by atoms with van der Waals surface area (Å²) in [5.74, 6) is -0.323. The Labute approximate surface area is 126 Å². The molecular formula is C13H17ClN2O3S. The number of amides is 1. The lowest BCUT2D eigenvalue weighted by molar-refractivity contribution is -0.138. The molecular weight excluding hydrogens is 300 g/mol. The zero-order valence-corrected chi connectivity index (χ0v) is 12.4. The lowest BCUT2D eigenvalue weighted by atomic mass is 10.2. The molecule has 1 aromatic carbocycles. The molecule has 1 rings (SSSR count). The second-order valence-electron chi connectivity index (χ2n) is 4.15. The Morgan fingerprint density at radius 1 is 1.40 bits per heavy atom. The highest BCUT2D eigenvalue weighted by molar-refractivity contribution is 7.99. The minimum Gasteiger partial charge on any atom is -0.480 e. The van der Waals surface area contributed by atoms with Gasteiger partial charge in [-0.2, -0.15) is 11.8 Å². The molecule has 0 saturated heterocycles. The maximum atomic E-state index is 11.6. The van der Waals surface area contributed by atoms with Crippen molar-refractivity contribution in [3.63, 3.8) is 0 Å². The van der Waals surface area contributed by atoms with Gasteiger partial charge in [-0.3, -0.25) is 9.59 Å². The summed E-state index contributed by atoms with van der Waals surface area (Å²) in [5.41, 5.74) is 6.22. The average Bonchev–Trinajstić information content (AvgIpc) is 2.42. The third-order valence-electron chi connectivity index (χ3n) is 2.56. The average molecular weight is 317 g/mol. The van der Waals surface area contributed by atoms with Gasteiger partial charge in [-0.1, -0.05) is 29.8 Å². The summed E-state index contributed by atoms with van der Waals surface area (Å²) >= 11 is 7.33. The fourth-order valence-corrected chi connectivity index (χ4v) is 2.44. The molecule has 0 bridgehead atoms. The van der Waals surface area contributed by atoms with Crippen LogP contribution in [0.4, 0.5) is 0 Å². The number of carboxylic acids is 1. The SMILES string of the molecule is NC(CCSCC(=O)NCc1ccccc1Cl)C(=O)O. The van der Waals surface area contributed by atoms with Crippen molar-refractivity contribution < 1.29 is 14.7 Å². The number of rotatable bonds is 8. The molecule has 1 aromatic rings. The quantitative estimate of drug-likeness (QED) is 0.632. The largest absolute Gasteiger partial charge is 0.480 e. The van der Waals surface area contributed by atoms with E-state index >= 15 is 0 Å². The van der Waals surface area contributed by atoms with Crippen molar-refractivity contribution in [2.24, 2.45) is 5.73 Å². The van der Waals surface area contributed by atoms with Crippen molar-refractivity contribution >= 4 is 35.2 Å². The van der Waals surface area contributed by atoms with Crippen molar-refractivity contribution in [3.8, 4) is 0 Å². The third kappa shape index (κ3) is 6.27. The summed E-state index contributed by atoms with van der Waals surface area (Å²) in [6, 6.07) is 6.44. The van der Waals surface area contributed by atoms with Crippen molar-refractivity contribution in [1.29, 1.82) is 0 Å². The first-order chi connectivity index (χ1) is 9.50. The van der Waals surface area contributed by atoms with E-state index in [0.29, 0.717) is 23.7 Å². The molecule has 1 atom stereocenters. The van der Waals surface area contributed by atoms with E-state index < -0.39 is 12.0 Å². The normalized spacial score (nSPS) is 11.9. The molecule has 7 heteroatoms. The molecule has 0 aromatic heterocycles. The monoisotopic (exact) mass is 316 g/mol. The fraction of sp³-hybridized carbons (Fsp3) is 0.385. The summed E-state index contributed by atoms with van der Waals surface area (Å²) in [6.45, 7) is 0.383. The molecule has 4 N–H and O–H groups in total. The molecule has 0 spiro atoms. The van der Waals surface area contributed by atoms with E-state index in [9.17, 15) is 9.59 Å². The maximum absolute atomic E-state index is 11.6. The number of carboxylic acid groups (broad SMARTS) is 1. The van der Waals surface area contributed by atoms with Crippen molar-refractivity contribution in [2.75, 3.05) is 11.5 Å². The number of nitrogens with two attached hydrogens (primary N) is 1. The Bertz CT molecular complexity index is 471. The number of benzene rings is 1. The van der Waals surface area contributed by atoms with Crippen LogP contribution < -0.4 is 11.1 Å². The highest BCUT2D eigenvalue weighted by atomic mass is 35.5. The van der Waals surface area contributed by atoms with Crippen LogP contribution in [0.5, 0.6) is 0 Å². The molecule has 0 radical (unpaired) electrons. The standard InChI is InChI=1S/C13H17ClN2O3S/c14-10-4-2-1-3-9(10)7-16-12(17)8-20-6-5-11(15)13(18)19/h1-4,11H,5-8,15H2,(H,16,17)(H,18,19). The molecule has 5 nitrogen and oxygen atoms in total. The number of hydrogen-bond acceptors (Lipinski definition) is 4. The number of carbonyl (C=O) groups excluding carboxylic acids is 1. The van der Waals surface area contributed by atoms with Crippen LogP contribution in [0.1, 0.15) is 12.0 Å². The van der Waals surface area contributed by atoms with E-state index in [-0.39, 0.29) is 11.7 Å². The van der Waals surface area contributed by atoms with Crippen LogP contribution in [0.25, 0.3) is 0 Å². The van der Waals surface area contributed by atoms with Crippen molar-refractivity contribution in [3.05, 3.63) is 34.9 Å². The lowest BCUT2D eigenvalue weighted by Crippen LogP contribution is -2.31. The number of nitrogens with one attached hydrogen (secondary N) is 1. The predicted octanol–water partition coefficient (Wildman–Crippen LogP) is 1.49. The van der Waals surface area contributed by atoms with Crippen LogP contribution >= 0.6 is 23.4 Å². The molecule has 20 heavy (non-hydrogen) atoms. The molecule has 0 aliphatic rings. The Morgan fingerprint density at radius 3 is 2.75 bits per heavy atom. The first-order valence-corrected chi connectivity index (χ1v) is 7.60. The van der Waals surface area contributed by atoms with E-state index in [1.165, 1.54) is 11.8 Å². The first-order valence-electron chi connectivity index (χ1n) is 6.07. The molecule has 0 aliphatic carbocycles. The highest BCUT2D eigenvalue weighted by Gasteiger charge is 2.11. The van der Waals surface area contributed by atoms with E-state index in [1.54, 1.807) is 6.07 Å². The topological polar surface area (TPSA) is 92.4 Å². The highest BCUT2D eigenvalue weighted by Crippen LogP contribution is 2.14. The van der Waals surface area contributed by atoms with Gasteiger partial charge in [0.25, 0.3) is 0 Å². The third-order valence-corrected chi connectivity index (χ3v) is 3.92. The van der Waals surface area contributed by atoms with E-state index in [0.717, 1.165) is 5.56 Å². The Kier molecular flexibility index (Phi) is 7.43. The van der Waals surface area contributed by atoms with E-state index in [1.807, 2.05) is 18.2 Å². The number of carbonyl (C=O) groups is 2. The smallest absolute Gasteiger partial charge is 0.320 e. The van der Waals surface area contributed by atoms with Gasteiger partial charge in [0.1, 0.15) is 6.04 Å². The van der Waals surface area contributed by atoms with Crippen LogP contribution in [0, 0.1) is 0 Å². The van der Waals surface area contributed by atoms with Gasteiger partial charge in [0, 0.05) is 11.6 Å². The number of thioether (sulfide) groups is 1. The summed E-state index contributed by atoms with van der Waals surface area (Å²) in [4.78, 5) is 22.1. The van der Waals surface area contributed by atoms with Gasteiger partial charge >= 0.3 is 5.97 Å². The fourth-order valence-electron chi connectivity index (χ4n) is 1.39. The van der Waals surface area contributed by atoms with Crippen molar-refractivity contribution in [1.82, 2.24) is 5.32 Å². The molecule has 1 amide bonds. The Hall–Kier alpha value is -1.24. The zero-order valence-electron chi connectivity index (χ0n) is 10.8. The second kappa shape index (κ2) is 8.84. The molecule has 1 unspecified atom stereocenters. The number of halogens is 1.